The van der Waals surface area contributed by atoms with Gasteiger partial charge in [-0.25, -0.2) is 4.98 Å². The van der Waals surface area contributed by atoms with E-state index in [0.717, 1.165) is 49.8 Å². The van der Waals surface area contributed by atoms with E-state index in [4.69, 9.17) is 22.1 Å². The number of halogens is 1. The summed E-state index contributed by atoms with van der Waals surface area (Å²) in [5, 5.41) is 2.74. The van der Waals surface area contributed by atoms with Gasteiger partial charge in [-0.05, 0) is 93.1 Å². The van der Waals surface area contributed by atoms with E-state index < -0.39 is 11.8 Å². The van der Waals surface area contributed by atoms with E-state index in [9.17, 15) is 9.18 Å². The molecule has 2 saturated carbocycles. The maximum absolute atomic E-state index is 14.9. The average molecular weight is 503 g/mol. The van der Waals surface area contributed by atoms with Crippen LogP contribution in [0, 0.1) is 17.7 Å². The van der Waals surface area contributed by atoms with Crippen LogP contribution in [0.1, 0.15) is 62.1 Å². The number of hydrogen-bond acceptors (Lipinski definition) is 6. The van der Waals surface area contributed by atoms with Crippen LogP contribution in [0.4, 0.5) is 4.39 Å². The lowest BCUT2D eigenvalue weighted by atomic mass is 9.84. The minimum atomic E-state index is -0.670. The van der Waals surface area contributed by atoms with Crippen molar-refractivity contribution in [1.29, 1.82) is 0 Å². The molecule has 1 aromatic heterocycles. The lowest BCUT2D eigenvalue weighted by Crippen LogP contribution is -2.30. The number of hydrogen-bond donors (Lipinski definition) is 1. The van der Waals surface area contributed by atoms with Crippen LogP contribution in [0.15, 0.2) is 54.8 Å². The Bertz CT molecular complexity index is 1150. The number of rotatable bonds is 10. The molecule has 1 N–H and O–H groups in total. The number of carbonyl (C=O) groups is 1. The number of ether oxygens (including phenoxy) is 3. The Kier molecular flexibility index (Phi) is 8.07. The van der Waals surface area contributed by atoms with E-state index in [-0.39, 0.29) is 29.6 Å². The van der Waals surface area contributed by atoms with E-state index in [1.165, 1.54) is 12.6 Å². The van der Waals surface area contributed by atoms with Gasteiger partial charge in [-0.15, -0.1) is 0 Å². The second-order valence-corrected chi connectivity index (χ2v) is 9.98. The predicted molar refractivity (Wildman–Crippen MR) is 136 cm³/mol. The Morgan fingerprint density at radius 1 is 1.16 bits per heavy atom. The minimum Gasteiger partial charge on any atom is -0.490 e. The molecule has 1 amide bonds. The molecule has 9 heteroatoms. The minimum absolute atomic E-state index is 0.0388. The molecule has 5 rings (SSSR count). The summed E-state index contributed by atoms with van der Waals surface area (Å²) in [6.45, 7) is 0.521. The molecule has 2 fully saturated rings. The van der Waals surface area contributed by atoms with Crippen molar-refractivity contribution in [1.82, 2.24) is 15.3 Å². The van der Waals surface area contributed by atoms with Crippen LogP contribution in [0.25, 0.3) is 0 Å². The summed E-state index contributed by atoms with van der Waals surface area (Å²) in [5.41, 5.74) is 1.17. The van der Waals surface area contributed by atoms with Gasteiger partial charge in [-0.3, -0.25) is 4.79 Å². The molecule has 0 saturated heterocycles. The maximum atomic E-state index is 14.9. The second-order valence-electron chi connectivity index (χ2n) is 9.98. The second kappa shape index (κ2) is 11.8. The van der Waals surface area contributed by atoms with E-state index in [1.54, 1.807) is 6.08 Å². The molecular formula is C28H31BFN3O4. The predicted octanol–water partition coefficient (Wildman–Crippen LogP) is 4.69. The monoisotopic (exact) mass is 503 g/mol. The fourth-order valence-corrected chi connectivity index (χ4v) is 4.71. The lowest BCUT2D eigenvalue weighted by Gasteiger charge is -2.29. The first-order valence-corrected chi connectivity index (χ1v) is 13.0. The highest BCUT2D eigenvalue weighted by Crippen LogP contribution is 2.33. The third kappa shape index (κ3) is 6.90. The Labute approximate surface area is 217 Å². The van der Waals surface area contributed by atoms with Crippen molar-refractivity contribution >= 4 is 13.8 Å². The summed E-state index contributed by atoms with van der Waals surface area (Å²) < 4.78 is 31.9. The molecule has 3 unspecified atom stereocenters. The average Bonchev–Trinajstić information content (AvgIpc) is 3.75. The largest absolute Gasteiger partial charge is 0.490 e. The first kappa shape index (κ1) is 25.3. The molecule has 192 valence electrons. The molecule has 37 heavy (non-hydrogen) atoms. The van der Waals surface area contributed by atoms with Gasteiger partial charge < -0.3 is 19.5 Å². The van der Waals surface area contributed by atoms with Crippen LogP contribution in [0.5, 0.6) is 11.6 Å². The maximum Gasteiger partial charge on any atom is 0.286 e. The number of nitrogens with one attached hydrogen (secondary N) is 1. The fourth-order valence-electron chi connectivity index (χ4n) is 4.71. The van der Waals surface area contributed by atoms with E-state index in [0.29, 0.717) is 31.1 Å². The summed E-state index contributed by atoms with van der Waals surface area (Å²) in [5.74, 6) is 0.387. The smallest absolute Gasteiger partial charge is 0.286 e. The van der Waals surface area contributed by atoms with Crippen LogP contribution in [0.2, 0.25) is 0 Å². The molecule has 3 aliphatic rings. The summed E-state index contributed by atoms with van der Waals surface area (Å²) in [7, 11) is 6.16. The van der Waals surface area contributed by atoms with Crippen molar-refractivity contribution in [3.8, 4) is 11.6 Å². The van der Waals surface area contributed by atoms with Gasteiger partial charge in [0.1, 0.15) is 19.9 Å². The SMILES string of the molecule is [B]C(NC(=O)C1=CCC=CO1)c1ccc(OC2CCCC(Cc3ncnc(OCC4CC4)c3F)C2)cc1. The quantitative estimate of drug-likeness (QED) is 0.474. The molecule has 0 spiro atoms. The number of carbonyl (C=O) groups excluding carboxylic acids is 1. The Hall–Kier alpha value is -3.36. The number of nitrogens with zero attached hydrogens (tertiary/aromatic N) is 2. The van der Waals surface area contributed by atoms with Crippen molar-refractivity contribution in [3.05, 3.63) is 71.8 Å². The summed E-state index contributed by atoms with van der Waals surface area (Å²) >= 11 is 0. The van der Waals surface area contributed by atoms with Crippen molar-refractivity contribution in [3.63, 3.8) is 0 Å². The first-order valence-electron chi connectivity index (χ1n) is 13.0. The standard InChI is InChI=1S/C28H31BFN3O4/c29-26(33-27(34)24-6-1-2-13-35-24)20-9-11-21(12-10-20)37-22-5-3-4-19(14-22)15-23-25(30)28(32-17-31-23)36-16-18-7-8-18/h2,6,9-13,17-19,22,26H,1,3-5,7-8,14-16H2,(H,33,34). The third-order valence-electron chi connectivity index (χ3n) is 6.98. The Balaban J connectivity index is 1.12. The van der Waals surface area contributed by atoms with Crippen molar-refractivity contribution in [2.75, 3.05) is 6.61 Å². The van der Waals surface area contributed by atoms with Crippen molar-refractivity contribution in [2.45, 2.75) is 63.4 Å². The first-order chi connectivity index (χ1) is 18.0. The number of aromatic nitrogens is 2. The molecule has 2 heterocycles. The van der Waals surface area contributed by atoms with E-state index >= 15 is 0 Å². The summed E-state index contributed by atoms with van der Waals surface area (Å²) in [6, 6.07) is 7.40. The highest BCUT2D eigenvalue weighted by Gasteiger charge is 2.27. The van der Waals surface area contributed by atoms with Gasteiger partial charge in [0.2, 0.25) is 5.82 Å². The number of amides is 1. The van der Waals surface area contributed by atoms with Gasteiger partial charge in [-0.1, -0.05) is 12.1 Å². The molecule has 0 bridgehead atoms. The topological polar surface area (TPSA) is 82.6 Å². The van der Waals surface area contributed by atoms with Crippen LogP contribution in [-0.2, 0) is 16.0 Å². The van der Waals surface area contributed by atoms with Gasteiger partial charge in [0.15, 0.2) is 5.76 Å². The molecule has 2 aromatic rings. The fraction of sp³-hybridized carbons (Fsp3) is 0.464. The number of allylic oxidation sites excluding steroid dienone is 2. The van der Waals surface area contributed by atoms with Crippen LogP contribution >= 0.6 is 0 Å². The zero-order chi connectivity index (χ0) is 25.6. The molecule has 1 aromatic carbocycles. The van der Waals surface area contributed by atoms with Gasteiger partial charge in [-0.2, -0.15) is 9.37 Å². The highest BCUT2D eigenvalue weighted by molar-refractivity contribution is 6.14. The van der Waals surface area contributed by atoms with Gasteiger partial charge in [0.05, 0.1) is 24.7 Å². The Morgan fingerprint density at radius 3 is 2.76 bits per heavy atom. The van der Waals surface area contributed by atoms with Crippen LogP contribution in [0.3, 0.4) is 0 Å². The number of benzene rings is 1. The Morgan fingerprint density at radius 2 is 2.00 bits per heavy atom. The molecule has 2 radical (unpaired) electrons. The lowest BCUT2D eigenvalue weighted by molar-refractivity contribution is -0.120. The molecule has 1 aliphatic heterocycles. The van der Waals surface area contributed by atoms with Crippen LogP contribution < -0.4 is 14.8 Å². The zero-order valence-corrected chi connectivity index (χ0v) is 20.8. The third-order valence-corrected chi connectivity index (χ3v) is 6.98. The van der Waals surface area contributed by atoms with Gasteiger partial charge >= 0.3 is 0 Å². The van der Waals surface area contributed by atoms with Gasteiger partial charge in [0, 0.05) is 5.94 Å². The molecule has 7 nitrogen and oxygen atoms in total. The van der Waals surface area contributed by atoms with Crippen molar-refractivity contribution in [2.24, 2.45) is 11.8 Å². The summed E-state index contributed by atoms with van der Waals surface area (Å²) in [4.78, 5) is 20.5. The van der Waals surface area contributed by atoms with E-state index in [1.807, 2.05) is 30.3 Å². The zero-order valence-electron chi connectivity index (χ0n) is 20.8. The summed E-state index contributed by atoms with van der Waals surface area (Å²) in [6.07, 6.45) is 13.7. The normalized spacial score (nSPS) is 21.9. The van der Waals surface area contributed by atoms with E-state index in [2.05, 4.69) is 15.3 Å². The molecule has 3 atom stereocenters. The highest BCUT2D eigenvalue weighted by atomic mass is 19.1. The molecular weight excluding hydrogens is 472 g/mol. The van der Waals surface area contributed by atoms with Crippen molar-refractivity contribution < 1.29 is 23.4 Å². The molecule has 2 aliphatic carbocycles. The van der Waals surface area contributed by atoms with Crippen LogP contribution in [-0.4, -0.2) is 36.4 Å². The van der Waals surface area contributed by atoms with Gasteiger partial charge in [0.25, 0.3) is 11.8 Å².